The minimum absolute atomic E-state index is 0.00322. The topological polar surface area (TPSA) is 59.3 Å². The van der Waals surface area contributed by atoms with Crippen molar-refractivity contribution in [2.75, 3.05) is 14.2 Å². The Morgan fingerprint density at radius 3 is 2.64 bits per heavy atom. The van der Waals surface area contributed by atoms with Gasteiger partial charge in [-0.05, 0) is 6.42 Å². The van der Waals surface area contributed by atoms with Crippen molar-refractivity contribution >= 4 is 5.78 Å². The van der Waals surface area contributed by atoms with Crippen molar-refractivity contribution in [1.82, 2.24) is 0 Å². The molecule has 1 atom stereocenters. The van der Waals surface area contributed by atoms with Crippen molar-refractivity contribution in [2.24, 2.45) is 5.92 Å². The van der Waals surface area contributed by atoms with Crippen LogP contribution in [0.15, 0.2) is 0 Å². The zero-order valence-electron chi connectivity index (χ0n) is 8.58. The molecule has 1 aliphatic carbocycles. The van der Waals surface area contributed by atoms with Crippen LogP contribution in [0.4, 0.5) is 0 Å². The normalized spacial score (nSPS) is 24.5. The van der Waals surface area contributed by atoms with Gasteiger partial charge < -0.3 is 9.47 Å². The third-order valence-electron chi connectivity index (χ3n) is 2.88. The van der Waals surface area contributed by atoms with Gasteiger partial charge in [-0.3, -0.25) is 4.79 Å². The van der Waals surface area contributed by atoms with Gasteiger partial charge in [0.15, 0.2) is 5.79 Å². The minimum Gasteiger partial charge on any atom is -0.353 e. The molecule has 1 unspecified atom stereocenters. The Morgan fingerprint density at radius 1 is 1.57 bits per heavy atom. The number of hydrogen-bond donors (Lipinski definition) is 0. The highest BCUT2D eigenvalue weighted by Gasteiger charge is 2.42. The Morgan fingerprint density at radius 2 is 2.21 bits per heavy atom. The van der Waals surface area contributed by atoms with E-state index >= 15 is 0 Å². The van der Waals surface area contributed by atoms with Crippen LogP contribution in [-0.2, 0) is 14.3 Å². The number of rotatable bonds is 4. The van der Waals surface area contributed by atoms with E-state index < -0.39 is 5.79 Å². The quantitative estimate of drug-likeness (QED) is 0.636. The van der Waals surface area contributed by atoms with Crippen molar-refractivity contribution in [2.45, 2.75) is 31.5 Å². The number of ketones is 1. The van der Waals surface area contributed by atoms with Gasteiger partial charge in [0, 0.05) is 33.0 Å². The van der Waals surface area contributed by atoms with Gasteiger partial charge in [-0.25, -0.2) is 0 Å². The molecule has 0 spiro atoms. The van der Waals surface area contributed by atoms with Gasteiger partial charge >= 0.3 is 0 Å². The van der Waals surface area contributed by atoms with Crippen LogP contribution in [0.1, 0.15) is 25.7 Å². The SMILES string of the molecule is COC1(OC)CCC(C(=O)CC#N)C1. The zero-order chi connectivity index (χ0) is 10.6. The first kappa shape index (κ1) is 11.2. The van der Waals surface area contributed by atoms with E-state index in [1.54, 1.807) is 14.2 Å². The van der Waals surface area contributed by atoms with Crippen molar-refractivity contribution in [3.63, 3.8) is 0 Å². The number of carbonyl (C=O) groups is 1. The van der Waals surface area contributed by atoms with Crippen molar-refractivity contribution < 1.29 is 14.3 Å². The number of ether oxygens (including phenoxy) is 2. The zero-order valence-corrected chi connectivity index (χ0v) is 8.58. The van der Waals surface area contributed by atoms with E-state index in [4.69, 9.17) is 14.7 Å². The molecule has 1 aliphatic rings. The third-order valence-corrected chi connectivity index (χ3v) is 2.88. The molecule has 4 nitrogen and oxygen atoms in total. The fourth-order valence-corrected chi connectivity index (χ4v) is 1.92. The summed E-state index contributed by atoms with van der Waals surface area (Å²) in [6.45, 7) is 0. The molecule has 0 aromatic heterocycles. The van der Waals surface area contributed by atoms with E-state index in [1.165, 1.54) is 0 Å². The third kappa shape index (κ3) is 2.11. The fraction of sp³-hybridized carbons (Fsp3) is 0.800. The van der Waals surface area contributed by atoms with Crippen LogP contribution in [0, 0.1) is 17.2 Å². The summed E-state index contributed by atoms with van der Waals surface area (Å²) >= 11 is 0. The van der Waals surface area contributed by atoms with E-state index in [1.807, 2.05) is 6.07 Å². The first-order valence-corrected chi connectivity index (χ1v) is 4.67. The van der Waals surface area contributed by atoms with Crippen LogP contribution in [0.5, 0.6) is 0 Å². The summed E-state index contributed by atoms with van der Waals surface area (Å²) in [5.74, 6) is -0.673. The number of carbonyl (C=O) groups excluding carboxylic acids is 1. The lowest BCUT2D eigenvalue weighted by Gasteiger charge is -2.25. The second-order valence-corrected chi connectivity index (χ2v) is 3.56. The molecule has 0 saturated heterocycles. The maximum Gasteiger partial charge on any atom is 0.168 e. The summed E-state index contributed by atoms with van der Waals surface area (Å²) in [4.78, 5) is 11.4. The highest BCUT2D eigenvalue weighted by atomic mass is 16.7. The smallest absolute Gasteiger partial charge is 0.168 e. The summed E-state index contributed by atoms with van der Waals surface area (Å²) < 4.78 is 10.5. The molecule has 78 valence electrons. The molecule has 0 aliphatic heterocycles. The maximum atomic E-state index is 11.4. The number of hydrogen-bond acceptors (Lipinski definition) is 4. The first-order chi connectivity index (χ1) is 6.67. The highest BCUT2D eigenvalue weighted by molar-refractivity contribution is 5.83. The molecule has 0 heterocycles. The number of nitriles is 1. The van der Waals surface area contributed by atoms with Crippen molar-refractivity contribution in [3.8, 4) is 6.07 Å². The monoisotopic (exact) mass is 197 g/mol. The summed E-state index contributed by atoms with van der Waals surface area (Å²) in [5, 5.41) is 8.41. The summed E-state index contributed by atoms with van der Waals surface area (Å²) in [7, 11) is 3.17. The molecule has 0 aromatic rings. The molecular weight excluding hydrogens is 182 g/mol. The lowest BCUT2D eigenvalue weighted by molar-refractivity contribution is -0.202. The second kappa shape index (κ2) is 4.54. The fourth-order valence-electron chi connectivity index (χ4n) is 1.92. The predicted octanol–water partition coefficient (Wildman–Crippen LogP) is 1.26. The van der Waals surface area contributed by atoms with Crippen molar-refractivity contribution in [3.05, 3.63) is 0 Å². The lowest BCUT2D eigenvalue weighted by atomic mass is 10.0. The number of Topliss-reactive ketones (excluding diaryl/α,β-unsaturated/α-hetero) is 1. The first-order valence-electron chi connectivity index (χ1n) is 4.67. The van der Waals surface area contributed by atoms with Crippen LogP contribution in [-0.4, -0.2) is 25.8 Å². The molecule has 4 heteroatoms. The van der Waals surface area contributed by atoms with Gasteiger partial charge in [-0.1, -0.05) is 0 Å². The van der Waals surface area contributed by atoms with Gasteiger partial charge in [0.1, 0.15) is 5.78 Å². The largest absolute Gasteiger partial charge is 0.353 e. The predicted molar refractivity (Wildman–Crippen MR) is 49.3 cm³/mol. The van der Waals surface area contributed by atoms with E-state index in [-0.39, 0.29) is 18.1 Å². The van der Waals surface area contributed by atoms with Gasteiger partial charge in [0.25, 0.3) is 0 Å². The molecule has 0 bridgehead atoms. The molecule has 0 radical (unpaired) electrons. The van der Waals surface area contributed by atoms with Crippen LogP contribution >= 0.6 is 0 Å². The van der Waals surface area contributed by atoms with Crippen LogP contribution in [0.3, 0.4) is 0 Å². The van der Waals surface area contributed by atoms with E-state index in [0.29, 0.717) is 6.42 Å². The molecule has 0 aromatic carbocycles. The molecule has 1 saturated carbocycles. The number of methoxy groups -OCH3 is 2. The van der Waals surface area contributed by atoms with E-state index in [9.17, 15) is 4.79 Å². The summed E-state index contributed by atoms with van der Waals surface area (Å²) in [6, 6.07) is 1.88. The average Bonchev–Trinajstić information content (AvgIpc) is 2.63. The Labute approximate surface area is 83.8 Å². The van der Waals surface area contributed by atoms with Crippen LogP contribution in [0.25, 0.3) is 0 Å². The van der Waals surface area contributed by atoms with Gasteiger partial charge in [0.2, 0.25) is 0 Å². The van der Waals surface area contributed by atoms with E-state index in [2.05, 4.69) is 0 Å². The molecule has 0 amide bonds. The molecule has 0 N–H and O–H groups in total. The molecule has 1 rings (SSSR count). The van der Waals surface area contributed by atoms with Crippen LogP contribution < -0.4 is 0 Å². The maximum absolute atomic E-state index is 11.4. The summed E-state index contributed by atoms with van der Waals surface area (Å²) in [6.07, 6.45) is 2.04. The average molecular weight is 197 g/mol. The summed E-state index contributed by atoms with van der Waals surface area (Å²) in [5.41, 5.74) is 0. The number of nitrogens with zero attached hydrogens (tertiary/aromatic N) is 1. The lowest BCUT2D eigenvalue weighted by Crippen LogP contribution is -2.30. The highest BCUT2D eigenvalue weighted by Crippen LogP contribution is 2.38. The van der Waals surface area contributed by atoms with E-state index in [0.717, 1.165) is 12.8 Å². The van der Waals surface area contributed by atoms with Gasteiger partial charge in [-0.15, -0.1) is 0 Å². The van der Waals surface area contributed by atoms with Gasteiger partial charge in [0.05, 0.1) is 12.5 Å². The standard InChI is InChI=1S/C10H15NO3/c1-13-10(14-2)5-3-8(7-10)9(12)4-6-11/h8H,3-5,7H2,1-2H3. The molecular formula is C10H15NO3. The Hall–Kier alpha value is -0.920. The molecule has 14 heavy (non-hydrogen) atoms. The van der Waals surface area contributed by atoms with Gasteiger partial charge in [-0.2, -0.15) is 5.26 Å². The van der Waals surface area contributed by atoms with Crippen molar-refractivity contribution in [1.29, 1.82) is 5.26 Å². The minimum atomic E-state index is -0.601. The Bertz CT molecular complexity index is 253. The Balaban J connectivity index is 2.56. The molecule has 1 fully saturated rings. The second-order valence-electron chi connectivity index (χ2n) is 3.56. The Kier molecular flexibility index (Phi) is 3.62. The van der Waals surface area contributed by atoms with Crippen LogP contribution in [0.2, 0.25) is 0 Å².